The molecular formula is C24H34NO3+. The molecule has 28 heavy (non-hydrogen) atoms. The van der Waals surface area contributed by atoms with Crippen LogP contribution in [0.4, 0.5) is 0 Å². The van der Waals surface area contributed by atoms with Crippen molar-refractivity contribution in [2.45, 2.75) is 63.8 Å². The van der Waals surface area contributed by atoms with E-state index >= 15 is 0 Å². The van der Waals surface area contributed by atoms with Crippen LogP contribution < -0.4 is 9.64 Å². The third-order valence-corrected chi connectivity index (χ3v) is 5.97. The van der Waals surface area contributed by atoms with Crippen molar-refractivity contribution >= 4 is 0 Å². The van der Waals surface area contributed by atoms with Crippen molar-refractivity contribution in [1.82, 2.24) is 0 Å². The van der Waals surface area contributed by atoms with E-state index in [-0.39, 0.29) is 23.8 Å². The molecule has 0 spiro atoms. The number of rotatable bonds is 6. The lowest BCUT2D eigenvalue weighted by Gasteiger charge is -2.51. The summed E-state index contributed by atoms with van der Waals surface area (Å²) in [4.78, 5) is 1.32. The SMILES string of the molecule is CC1(C)CC(O)CC(C)(C)[NH+]1C[C@H](O)COc1ccc(-c2ccccc2)cc1. The Morgan fingerprint density at radius 3 is 2.04 bits per heavy atom. The molecule has 0 amide bonds. The number of quaternary nitrogens is 1. The van der Waals surface area contributed by atoms with Gasteiger partial charge in [-0.25, -0.2) is 0 Å². The Labute approximate surface area is 168 Å². The van der Waals surface area contributed by atoms with Crippen LogP contribution in [0.1, 0.15) is 40.5 Å². The van der Waals surface area contributed by atoms with Crippen molar-refractivity contribution in [3.05, 3.63) is 54.6 Å². The minimum atomic E-state index is -0.558. The lowest BCUT2D eigenvalue weighted by Crippen LogP contribution is -3.27. The van der Waals surface area contributed by atoms with Gasteiger partial charge >= 0.3 is 0 Å². The molecule has 0 radical (unpaired) electrons. The summed E-state index contributed by atoms with van der Waals surface area (Å²) in [6, 6.07) is 18.2. The number of likely N-dealkylation sites (tertiary alicyclic amines) is 1. The highest BCUT2D eigenvalue weighted by atomic mass is 16.5. The average molecular weight is 385 g/mol. The molecule has 0 bridgehead atoms. The molecule has 4 nitrogen and oxygen atoms in total. The third-order valence-electron chi connectivity index (χ3n) is 5.97. The number of aliphatic hydroxyl groups is 2. The summed E-state index contributed by atoms with van der Waals surface area (Å²) in [5, 5.41) is 20.8. The maximum Gasteiger partial charge on any atom is 0.137 e. The summed E-state index contributed by atoms with van der Waals surface area (Å²) in [6.07, 6.45) is 0.670. The molecule has 1 atom stereocenters. The smallest absolute Gasteiger partial charge is 0.137 e. The van der Waals surface area contributed by atoms with E-state index in [1.54, 1.807) is 0 Å². The molecule has 1 heterocycles. The minimum absolute atomic E-state index is 0.0839. The molecule has 3 rings (SSSR count). The van der Waals surface area contributed by atoms with Crippen molar-refractivity contribution in [3.8, 4) is 16.9 Å². The van der Waals surface area contributed by atoms with E-state index in [9.17, 15) is 10.2 Å². The molecule has 152 valence electrons. The number of hydrogen-bond acceptors (Lipinski definition) is 3. The van der Waals surface area contributed by atoms with Gasteiger partial charge in [-0.15, -0.1) is 0 Å². The fourth-order valence-corrected chi connectivity index (χ4v) is 4.83. The van der Waals surface area contributed by atoms with Crippen LogP contribution in [0, 0.1) is 0 Å². The van der Waals surface area contributed by atoms with Crippen LogP contribution in [0.5, 0.6) is 5.75 Å². The monoisotopic (exact) mass is 384 g/mol. The first-order valence-electron chi connectivity index (χ1n) is 10.2. The summed E-state index contributed by atoms with van der Waals surface area (Å²) >= 11 is 0. The Morgan fingerprint density at radius 1 is 0.929 bits per heavy atom. The topological polar surface area (TPSA) is 54.1 Å². The highest BCUT2D eigenvalue weighted by Gasteiger charge is 2.49. The first kappa shape index (κ1) is 20.8. The normalized spacial score (nSPS) is 24.5. The van der Waals surface area contributed by atoms with E-state index in [0.29, 0.717) is 6.54 Å². The molecule has 1 aliphatic rings. The van der Waals surface area contributed by atoms with Crippen molar-refractivity contribution in [3.63, 3.8) is 0 Å². The van der Waals surface area contributed by atoms with Crippen molar-refractivity contribution in [2.75, 3.05) is 13.2 Å². The predicted molar refractivity (Wildman–Crippen MR) is 113 cm³/mol. The van der Waals surface area contributed by atoms with Gasteiger partial charge in [0.1, 0.15) is 25.0 Å². The van der Waals surface area contributed by atoms with Crippen LogP contribution >= 0.6 is 0 Å². The fourth-order valence-electron chi connectivity index (χ4n) is 4.83. The Hall–Kier alpha value is -1.88. The number of nitrogens with one attached hydrogen (secondary N) is 1. The van der Waals surface area contributed by atoms with Crippen LogP contribution in [0.2, 0.25) is 0 Å². The van der Waals surface area contributed by atoms with Gasteiger partial charge in [0, 0.05) is 12.8 Å². The molecule has 0 saturated carbocycles. The van der Waals surface area contributed by atoms with Gasteiger partial charge in [-0.1, -0.05) is 42.5 Å². The quantitative estimate of drug-likeness (QED) is 0.718. The Morgan fingerprint density at radius 2 is 1.46 bits per heavy atom. The van der Waals surface area contributed by atoms with Crippen LogP contribution in [0.15, 0.2) is 54.6 Å². The van der Waals surface area contributed by atoms with Crippen molar-refractivity contribution in [2.24, 2.45) is 0 Å². The van der Waals surface area contributed by atoms with E-state index in [2.05, 4.69) is 39.8 Å². The minimum Gasteiger partial charge on any atom is -0.491 e. The lowest BCUT2D eigenvalue weighted by molar-refractivity contribution is -1.00. The first-order chi connectivity index (χ1) is 13.2. The first-order valence-corrected chi connectivity index (χ1v) is 10.2. The summed E-state index contributed by atoms with van der Waals surface area (Å²) in [7, 11) is 0. The Balaban J connectivity index is 1.57. The van der Waals surface area contributed by atoms with Crippen LogP contribution in [-0.4, -0.2) is 46.7 Å². The Bertz CT molecular complexity index is 737. The van der Waals surface area contributed by atoms with Gasteiger partial charge in [-0.05, 0) is 51.0 Å². The van der Waals surface area contributed by atoms with Gasteiger partial charge in [0.15, 0.2) is 0 Å². The molecule has 1 fully saturated rings. The van der Waals surface area contributed by atoms with E-state index in [1.807, 2.05) is 42.5 Å². The van der Waals surface area contributed by atoms with E-state index in [1.165, 1.54) is 10.5 Å². The van der Waals surface area contributed by atoms with E-state index in [0.717, 1.165) is 24.2 Å². The van der Waals surface area contributed by atoms with Gasteiger partial charge in [-0.3, -0.25) is 0 Å². The van der Waals surface area contributed by atoms with E-state index in [4.69, 9.17) is 4.74 Å². The van der Waals surface area contributed by atoms with Crippen molar-refractivity contribution < 1.29 is 19.8 Å². The molecule has 0 aromatic heterocycles. The molecule has 1 saturated heterocycles. The molecule has 2 aromatic carbocycles. The number of hydrogen-bond donors (Lipinski definition) is 3. The summed E-state index contributed by atoms with van der Waals surface area (Å²) in [5.74, 6) is 0.765. The third kappa shape index (κ3) is 4.93. The standard InChI is InChI=1S/C24H33NO3/c1-23(2)14-20(26)15-24(3,4)25(23)16-21(27)17-28-22-12-10-19(11-13-22)18-8-6-5-7-9-18/h5-13,20-21,26-27H,14-17H2,1-4H3/p+1/t21-/m0/s1. The lowest BCUT2D eigenvalue weighted by atomic mass is 9.78. The van der Waals surface area contributed by atoms with E-state index < -0.39 is 6.10 Å². The molecule has 4 heteroatoms. The second-order valence-electron chi connectivity index (χ2n) is 9.37. The number of piperidine rings is 1. The van der Waals surface area contributed by atoms with Gasteiger partial charge in [0.2, 0.25) is 0 Å². The van der Waals surface area contributed by atoms with Gasteiger partial charge in [-0.2, -0.15) is 0 Å². The van der Waals surface area contributed by atoms with Gasteiger partial charge in [0.25, 0.3) is 0 Å². The van der Waals surface area contributed by atoms with Gasteiger partial charge < -0.3 is 19.8 Å². The zero-order chi connectivity index (χ0) is 20.4. The van der Waals surface area contributed by atoms with Crippen LogP contribution in [0.25, 0.3) is 11.1 Å². The number of aliphatic hydroxyl groups excluding tert-OH is 2. The number of ether oxygens (including phenoxy) is 1. The highest BCUT2D eigenvalue weighted by molar-refractivity contribution is 5.63. The highest BCUT2D eigenvalue weighted by Crippen LogP contribution is 2.24. The molecule has 3 N–H and O–H groups in total. The average Bonchev–Trinajstić information content (AvgIpc) is 2.63. The zero-order valence-electron chi connectivity index (χ0n) is 17.5. The summed E-state index contributed by atoms with van der Waals surface area (Å²) < 4.78 is 5.84. The molecule has 0 aliphatic carbocycles. The maximum atomic E-state index is 10.6. The number of benzene rings is 2. The van der Waals surface area contributed by atoms with Gasteiger partial charge in [0.05, 0.1) is 17.2 Å². The largest absolute Gasteiger partial charge is 0.491 e. The molecular weight excluding hydrogens is 350 g/mol. The summed E-state index contributed by atoms with van der Waals surface area (Å²) in [6.45, 7) is 9.55. The van der Waals surface area contributed by atoms with Crippen molar-refractivity contribution in [1.29, 1.82) is 0 Å². The fraction of sp³-hybridized carbons (Fsp3) is 0.500. The second-order valence-corrected chi connectivity index (χ2v) is 9.37. The molecule has 1 aliphatic heterocycles. The zero-order valence-corrected chi connectivity index (χ0v) is 17.5. The Kier molecular flexibility index (Phi) is 6.13. The summed E-state index contributed by atoms with van der Waals surface area (Å²) in [5.41, 5.74) is 2.15. The molecule has 0 unspecified atom stereocenters. The second kappa shape index (κ2) is 8.24. The maximum absolute atomic E-state index is 10.6. The molecule has 2 aromatic rings. The van der Waals surface area contributed by atoms with Crippen LogP contribution in [-0.2, 0) is 0 Å². The van der Waals surface area contributed by atoms with Crippen LogP contribution in [0.3, 0.4) is 0 Å². The predicted octanol–water partition coefficient (Wildman–Crippen LogP) is 2.69.